The third kappa shape index (κ3) is 2.29. The van der Waals surface area contributed by atoms with Crippen molar-refractivity contribution in [1.82, 2.24) is 10.2 Å². The van der Waals surface area contributed by atoms with E-state index < -0.39 is 17.4 Å². The van der Waals surface area contributed by atoms with Crippen LogP contribution in [0.15, 0.2) is 42.5 Å². The van der Waals surface area contributed by atoms with Crippen LogP contribution in [0.25, 0.3) is 0 Å². The highest BCUT2D eigenvalue weighted by Gasteiger charge is 2.49. The lowest BCUT2D eigenvalue weighted by atomic mass is 9.90. The van der Waals surface area contributed by atoms with Gasteiger partial charge in [0.2, 0.25) is 0 Å². The van der Waals surface area contributed by atoms with Crippen molar-refractivity contribution in [1.29, 1.82) is 0 Å². The maximum atomic E-state index is 14.0. The lowest BCUT2D eigenvalue weighted by Crippen LogP contribution is -2.64. The zero-order valence-corrected chi connectivity index (χ0v) is 13.1. The van der Waals surface area contributed by atoms with E-state index in [2.05, 4.69) is 5.32 Å². The Balaban J connectivity index is 1.69. The molecule has 2 atom stereocenters. The van der Waals surface area contributed by atoms with Crippen LogP contribution in [0.5, 0.6) is 5.75 Å². The molecule has 2 aromatic rings. The van der Waals surface area contributed by atoms with Crippen LogP contribution < -0.4 is 10.1 Å². The smallest absolute Gasteiger partial charge is 0.321 e. The SMILES string of the molecule is CC12CC(NC(=O)N1Cc1ccc(F)cc1F)c1ccccc1O2. The number of carbonyl (C=O) groups excluding carboxylic acids is 1. The molecule has 0 aliphatic carbocycles. The Bertz CT molecular complexity index is 826. The van der Waals surface area contributed by atoms with E-state index in [9.17, 15) is 13.6 Å². The lowest BCUT2D eigenvalue weighted by molar-refractivity contribution is -0.0882. The molecule has 2 aliphatic heterocycles. The quantitative estimate of drug-likeness (QED) is 0.911. The summed E-state index contributed by atoms with van der Waals surface area (Å²) in [6.07, 6.45) is 0.554. The number of nitrogens with one attached hydrogen (secondary N) is 1. The van der Waals surface area contributed by atoms with Gasteiger partial charge in [0.25, 0.3) is 0 Å². The van der Waals surface area contributed by atoms with Gasteiger partial charge in [-0.15, -0.1) is 0 Å². The van der Waals surface area contributed by atoms with Gasteiger partial charge < -0.3 is 10.1 Å². The van der Waals surface area contributed by atoms with Crippen molar-refractivity contribution < 1.29 is 18.3 Å². The zero-order valence-electron chi connectivity index (χ0n) is 13.1. The Labute approximate surface area is 138 Å². The van der Waals surface area contributed by atoms with Gasteiger partial charge in [-0.3, -0.25) is 4.90 Å². The second-order valence-corrected chi connectivity index (χ2v) is 6.34. The minimum atomic E-state index is -0.887. The average Bonchev–Trinajstić information content (AvgIpc) is 2.52. The summed E-state index contributed by atoms with van der Waals surface area (Å²) in [5.74, 6) is -0.612. The Morgan fingerprint density at radius 1 is 1.29 bits per heavy atom. The molecule has 4 nitrogen and oxygen atoms in total. The number of hydrogen-bond donors (Lipinski definition) is 1. The molecule has 2 unspecified atom stereocenters. The summed E-state index contributed by atoms with van der Waals surface area (Å²) in [5.41, 5.74) is 0.298. The summed E-state index contributed by atoms with van der Waals surface area (Å²) in [5, 5.41) is 2.94. The number of amides is 2. The molecule has 124 valence electrons. The topological polar surface area (TPSA) is 41.6 Å². The molecule has 4 rings (SSSR count). The van der Waals surface area contributed by atoms with E-state index in [-0.39, 0.29) is 24.2 Å². The van der Waals surface area contributed by atoms with Gasteiger partial charge in [-0.2, -0.15) is 0 Å². The third-order valence-corrected chi connectivity index (χ3v) is 4.66. The van der Waals surface area contributed by atoms with E-state index in [1.165, 1.54) is 17.0 Å². The largest absolute Gasteiger partial charge is 0.468 e. The van der Waals surface area contributed by atoms with E-state index in [1.807, 2.05) is 31.2 Å². The molecule has 1 saturated heterocycles. The Kier molecular flexibility index (Phi) is 3.23. The van der Waals surface area contributed by atoms with Crippen LogP contribution >= 0.6 is 0 Å². The van der Waals surface area contributed by atoms with Crippen LogP contribution in [-0.2, 0) is 6.54 Å². The van der Waals surface area contributed by atoms with Crippen LogP contribution in [0.1, 0.15) is 30.5 Å². The first-order valence-corrected chi connectivity index (χ1v) is 7.76. The number of benzene rings is 2. The summed E-state index contributed by atoms with van der Waals surface area (Å²) in [4.78, 5) is 14.0. The summed E-state index contributed by atoms with van der Waals surface area (Å²) in [6.45, 7) is 1.82. The fraction of sp³-hybridized carbons (Fsp3) is 0.278. The standard InChI is InChI=1S/C18H16F2N2O2/c1-18-9-15(13-4-2-3-5-16(13)24-18)21-17(23)22(18)10-11-6-7-12(19)8-14(11)20/h2-8,15H,9-10H2,1H3,(H,21,23). The van der Waals surface area contributed by atoms with Gasteiger partial charge in [0, 0.05) is 23.6 Å². The number of fused-ring (bicyclic) bond motifs is 4. The summed E-state index contributed by atoms with van der Waals surface area (Å²) in [6, 6.07) is 10.4. The van der Waals surface area contributed by atoms with Crippen LogP contribution in [0, 0.1) is 11.6 Å². The van der Waals surface area contributed by atoms with E-state index >= 15 is 0 Å². The predicted octanol–water partition coefficient (Wildman–Crippen LogP) is 3.73. The van der Waals surface area contributed by atoms with E-state index in [4.69, 9.17) is 4.74 Å². The van der Waals surface area contributed by atoms with Crippen LogP contribution in [0.2, 0.25) is 0 Å². The number of para-hydroxylation sites is 1. The normalized spacial score (nSPS) is 24.9. The molecule has 6 heteroatoms. The van der Waals surface area contributed by atoms with Crippen LogP contribution in [0.4, 0.5) is 13.6 Å². The highest BCUT2D eigenvalue weighted by atomic mass is 19.1. The Morgan fingerprint density at radius 2 is 2.08 bits per heavy atom. The summed E-state index contributed by atoms with van der Waals surface area (Å²) < 4.78 is 33.1. The second-order valence-electron chi connectivity index (χ2n) is 6.34. The third-order valence-electron chi connectivity index (χ3n) is 4.66. The van der Waals surface area contributed by atoms with E-state index in [0.29, 0.717) is 12.2 Å². The zero-order chi connectivity index (χ0) is 16.9. The fourth-order valence-corrected chi connectivity index (χ4v) is 3.42. The number of nitrogens with zero attached hydrogens (tertiary/aromatic N) is 1. The minimum Gasteiger partial charge on any atom is -0.468 e. The van der Waals surface area contributed by atoms with Crippen molar-refractivity contribution in [2.75, 3.05) is 0 Å². The molecular formula is C18H16F2N2O2. The molecule has 2 amide bonds. The van der Waals surface area contributed by atoms with Crippen molar-refractivity contribution in [2.24, 2.45) is 0 Å². The second kappa shape index (κ2) is 5.19. The van der Waals surface area contributed by atoms with Crippen molar-refractivity contribution in [3.05, 3.63) is 65.2 Å². The van der Waals surface area contributed by atoms with E-state index in [0.717, 1.165) is 11.6 Å². The molecule has 1 fully saturated rings. The lowest BCUT2D eigenvalue weighted by Gasteiger charge is -2.50. The van der Waals surface area contributed by atoms with Crippen LogP contribution in [0.3, 0.4) is 0 Å². The Morgan fingerprint density at radius 3 is 2.88 bits per heavy atom. The maximum absolute atomic E-state index is 14.0. The van der Waals surface area contributed by atoms with Gasteiger partial charge in [-0.1, -0.05) is 24.3 Å². The molecule has 2 aliphatic rings. The predicted molar refractivity (Wildman–Crippen MR) is 83.3 cm³/mol. The minimum absolute atomic E-state index is 0.00331. The van der Waals surface area contributed by atoms with Gasteiger partial charge >= 0.3 is 6.03 Å². The molecule has 2 heterocycles. The number of urea groups is 1. The average molecular weight is 330 g/mol. The molecule has 1 N–H and O–H groups in total. The highest BCUT2D eigenvalue weighted by Crippen LogP contribution is 2.44. The first-order valence-electron chi connectivity index (χ1n) is 7.76. The number of rotatable bonds is 2. The van der Waals surface area contributed by atoms with Gasteiger partial charge in [-0.25, -0.2) is 13.6 Å². The first-order chi connectivity index (χ1) is 11.5. The van der Waals surface area contributed by atoms with Crippen molar-refractivity contribution in [3.63, 3.8) is 0 Å². The molecular weight excluding hydrogens is 314 g/mol. The molecule has 24 heavy (non-hydrogen) atoms. The molecule has 0 spiro atoms. The van der Waals surface area contributed by atoms with Gasteiger partial charge in [-0.05, 0) is 19.1 Å². The number of ether oxygens (including phenoxy) is 1. The van der Waals surface area contributed by atoms with Gasteiger partial charge in [0.1, 0.15) is 17.4 Å². The van der Waals surface area contributed by atoms with Gasteiger partial charge in [0.05, 0.1) is 12.6 Å². The van der Waals surface area contributed by atoms with E-state index in [1.54, 1.807) is 0 Å². The molecule has 0 saturated carbocycles. The molecule has 0 aromatic heterocycles. The number of halogens is 2. The number of hydrogen-bond acceptors (Lipinski definition) is 2. The van der Waals surface area contributed by atoms with Crippen molar-refractivity contribution in [3.8, 4) is 5.75 Å². The summed E-state index contributed by atoms with van der Waals surface area (Å²) >= 11 is 0. The van der Waals surface area contributed by atoms with Crippen molar-refractivity contribution in [2.45, 2.75) is 31.7 Å². The molecule has 2 aromatic carbocycles. The van der Waals surface area contributed by atoms with Crippen molar-refractivity contribution >= 4 is 6.03 Å². The number of carbonyl (C=O) groups is 1. The maximum Gasteiger partial charge on any atom is 0.321 e. The molecule has 2 bridgehead atoms. The fourth-order valence-electron chi connectivity index (χ4n) is 3.42. The summed E-state index contributed by atoms with van der Waals surface area (Å²) in [7, 11) is 0. The Hall–Kier alpha value is -2.63. The van der Waals surface area contributed by atoms with Crippen LogP contribution in [-0.4, -0.2) is 16.7 Å². The highest BCUT2D eigenvalue weighted by molar-refractivity contribution is 5.77. The molecule has 0 radical (unpaired) electrons. The first kappa shape index (κ1) is 14.9. The van der Waals surface area contributed by atoms with Gasteiger partial charge in [0.15, 0.2) is 5.72 Å². The monoisotopic (exact) mass is 330 g/mol.